The van der Waals surface area contributed by atoms with Gasteiger partial charge in [-0.05, 0) is 27.2 Å². The van der Waals surface area contributed by atoms with Crippen LogP contribution in [0, 0.1) is 0 Å². The van der Waals surface area contributed by atoms with Crippen LogP contribution in [0.15, 0.2) is 12.4 Å². The quantitative estimate of drug-likeness (QED) is 0.741. The number of nitrogens with zero attached hydrogens (tertiary/aromatic N) is 2. The van der Waals surface area contributed by atoms with E-state index in [1.165, 1.54) is 5.56 Å². The minimum absolute atomic E-state index is 0.145. The molecule has 1 heterocycles. The Morgan fingerprint density at radius 3 is 2.76 bits per heavy atom. The molecule has 0 radical (unpaired) electrons. The maximum atomic E-state index is 5.43. The van der Waals surface area contributed by atoms with Crippen molar-refractivity contribution in [2.45, 2.75) is 52.7 Å². The van der Waals surface area contributed by atoms with Crippen molar-refractivity contribution in [3.8, 4) is 0 Å². The minimum atomic E-state index is 0.145. The Kier molecular flexibility index (Phi) is 5.65. The van der Waals surface area contributed by atoms with Gasteiger partial charge in [-0.3, -0.25) is 4.68 Å². The van der Waals surface area contributed by atoms with Gasteiger partial charge in [-0.2, -0.15) is 5.10 Å². The Labute approximate surface area is 104 Å². The second-order valence-corrected chi connectivity index (χ2v) is 5.33. The van der Waals surface area contributed by atoms with E-state index in [4.69, 9.17) is 4.74 Å². The average Bonchev–Trinajstić information content (AvgIpc) is 2.69. The molecule has 0 atom stereocenters. The van der Waals surface area contributed by atoms with Crippen molar-refractivity contribution in [3.63, 3.8) is 0 Å². The molecule has 0 aliphatic rings. The van der Waals surface area contributed by atoms with Crippen molar-refractivity contribution in [3.05, 3.63) is 18.0 Å². The molecule has 98 valence electrons. The molecule has 0 aliphatic heterocycles. The molecule has 0 saturated carbocycles. The molecule has 17 heavy (non-hydrogen) atoms. The van der Waals surface area contributed by atoms with E-state index in [-0.39, 0.29) is 5.54 Å². The zero-order valence-corrected chi connectivity index (χ0v) is 11.5. The van der Waals surface area contributed by atoms with E-state index in [0.717, 1.165) is 32.7 Å². The van der Waals surface area contributed by atoms with Crippen LogP contribution in [0.25, 0.3) is 0 Å². The highest BCUT2D eigenvalue weighted by Crippen LogP contribution is 2.03. The van der Waals surface area contributed by atoms with Gasteiger partial charge in [0.2, 0.25) is 0 Å². The van der Waals surface area contributed by atoms with E-state index in [9.17, 15) is 0 Å². The van der Waals surface area contributed by atoms with E-state index in [2.05, 4.69) is 44.3 Å². The number of hydrogen-bond donors (Lipinski definition) is 1. The zero-order valence-electron chi connectivity index (χ0n) is 11.5. The lowest BCUT2D eigenvalue weighted by Gasteiger charge is -2.19. The first-order valence-electron chi connectivity index (χ1n) is 6.35. The van der Waals surface area contributed by atoms with Crippen LogP contribution in [-0.4, -0.2) is 28.5 Å². The van der Waals surface area contributed by atoms with Gasteiger partial charge in [-0.15, -0.1) is 0 Å². The number of rotatable bonds is 7. The molecule has 0 aliphatic carbocycles. The summed E-state index contributed by atoms with van der Waals surface area (Å²) in [4.78, 5) is 0. The molecule has 4 heteroatoms. The fraction of sp³-hybridized carbons (Fsp3) is 0.769. The number of hydrogen-bond acceptors (Lipinski definition) is 3. The summed E-state index contributed by atoms with van der Waals surface area (Å²) in [5, 5.41) is 7.75. The Balaban J connectivity index is 2.28. The van der Waals surface area contributed by atoms with Crippen molar-refractivity contribution in [2.24, 2.45) is 0 Å². The van der Waals surface area contributed by atoms with Crippen LogP contribution >= 0.6 is 0 Å². The minimum Gasteiger partial charge on any atom is -0.380 e. The smallest absolute Gasteiger partial charge is 0.0662 e. The second-order valence-electron chi connectivity index (χ2n) is 5.33. The Bertz CT molecular complexity index is 315. The third-order valence-corrected chi connectivity index (χ3v) is 2.32. The Morgan fingerprint density at radius 1 is 1.35 bits per heavy atom. The summed E-state index contributed by atoms with van der Waals surface area (Å²) in [6, 6.07) is 0. The van der Waals surface area contributed by atoms with Gasteiger partial charge >= 0.3 is 0 Å². The fourth-order valence-corrected chi connectivity index (χ4v) is 1.39. The number of aromatic nitrogens is 2. The molecule has 1 rings (SSSR count). The lowest BCUT2D eigenvalue weighted by molar-refractivity contribution is 0.124. The summed E-state index contributed by atoms with van der Waals surface area (Å²) in [5.74, 6) is 0. The van der Waals surface area contributed by atoms with Crippen LogP contribution in [0.1, 0.15) is 39.7 Å². The van der Waals surface area contributed by atoms with Crippen LogP contribution < -0.4 is 5.32 Å². The predicted molar refractivity (Wildman–Crippen MR) is 69.9 cm³/mol. The van der Waals surface area contributed by atoms with Gasteiger partial charge in [-0.1, -0.05) is 6.92 Å². The topological polar surface area (TPSA) is 39.1 Å². The van der Waals surface area contributed by atoms with Crippen molar-refractivity contribution in [1.29, 1.82) is 0 Å². The molecule has 1 aromatic heterocycles. The van der Waals surface area contributed by atoms with Crippen molar-refractivity contribution in [1.82, 2.24) is 15.1 Å². The molecule has 1 N–H and O–H groups in total. The van der Waals surface area contributed by atoms with Crippen molar-refractivity contribution in [2.75, 3.05) is 13.2 Å². The summed E-state index contributed by atoms with van der Waals surface area (Å²) in [5.41, 5.74) is 1.36. The van der Waals surface area contributed by atoms with Gasteiger partial charge in [0, 0.05) is 30.5 Å². The summed E-state index contributed by atoms with van der Waals surface area (Å²) in [6.07, 6.45) is 5.06. The monoisotopic (exact) mass is 239 g/mol. The second kappa shape index (κ2) is 6.77. The largest absolute Gasteiger partial charge is 0.380 e. The third-order valence-electron chi connectivity index (χ3n) is 2.32. The highest BCUT2D eigenvalue weighted by Gasteiger charge is 2.08. The highest BCUT2D eigenvalue weighted by molar-refractivity contribution is 5.03. The van der Waals surface area contributed by atoms with Gasteiger partial charge in [0.25, 0.3) is 0 Å². The zero-order chi connectivity index (χ0) is 12.7. The van der Waals surface area contributed by atoms with E-state index >= 15 is 0 Å². The lowest BCUT2D eigenvalue weighted by atomic mass is 10.1. The number of ether oxygens (including phenoxy) is 1. The summed E-state index contributed by atoms with van der Waals surface area (Å²) >= 11 is 0. The SMILES string of the molecule is CCCOCCn1cc(CNC(C)(C)C)cn1. The van der Waals surface area contributed by atoms with Gasteiger partial charge < -0.3 is 10.1 Å². The first kappa shape index (κ1) is 14.2. The van der Waals surface area contributed by atoms with Crippen molar-refractivity contribution >= 4 is 0 Å². The molecule has 0 aromatic carbocycles. The summed E-state index contributed by atoms with van der Waals surface area (Å²) < 4.78 is 7.37. The Hall–Kier alpha value is -0.870. The standard InChI is InChI=1S/C13H25N3O/c1-5-7-17-8-6-16-11-12(10-15-16)9-14-13(2,3)4/h10-11,14H,5-9H2,1-4H3. The molecule has 0 saturated heterocycles. The van der Waals surface area contributed by atoms with Gasteiger partial charge in [0.15, 0.2) is 0 Å². The average molecular weight is 239 g/mol. The molecule has 4 nitrogen and oxygen atoms in total. The molecule has 0 amide bonds. The van der Waals surface area contributed by atoms with Crippen molar-refractivity contribution < 1.29 is 4.74 Å². The van der Waals surface area contributed by atoms with Gasteiger partial charge in [0.05, 0.1) is 19.3 Å². The maximum Gasteiger partial charge on any atom is 0.0662 e. The molecular weight excluding hydrogens is 214 g/mol. The molecule has 1 aromatic rings. The maximum absolute atomic E-state index is 5.43. The molecular formula is C13H25N3O. The van der Waals surface area contributed by atoms with E-state index in [1.54, 1.807) is 0 Å². The van der Waals surface area contributed by atoms with Gasteiger partial charge in [-0.25, -0.2) is 0 Å². The fourth-order valence-electron chi connectivity index (χ4n) is 1.39. The summed E-state index contributed by atoms with van der Waals surface area (Å²) in [7, 11) is 0. The van der Waals surface area contributed by atoms with Crippen LogP contribution in [0.3, 0.4) is 0 Å². The molecule has 0 unspecified atom stereocenters. The summed E-state index contributed by atoms with van der Waals surface area (Å²) in [6.45, 7) is 11.9. The van der Waals surface area contributed by atoms with E-state index in [0.29, 0.717) is 0 Å². The molecule has 0 spiro atoms. The molecule has 0 bridgehead atoms. The first-order valence-corrected chi connectivity index (χ1v) is 6.35. The van der Waals surface area contributed by atoms with E-state index < -0.39 is 0 Å². The van der Waals surface area contributed by atoms with Gasteiger partial charge in [0.1, 0.15) is 0 Å². The number of nitrogens with one attached hydrogen (secondary N) is 1. The van der Waals surface area contributed by atoms with Crippen LogP contribution in [0.2, 0.25) is 0 Å². The molecule has 0 fully saturated rings. The lowest BCUT2D eigenvalue weighted by Crippen LogP contribution is -2.34. The first-order chi connectivity index (χ1) is 8.01. The third kappa shape index (κ3) is 6.44. The Morgan fingerprint density at radius 2 is 2.12 bits per heavy atom. The van der Waals surface area contributed by atoms with E-state index in [1.807, 2.05) is 10.9 Å². The highest BCUT2D eigenvalue weighted by atomic mass is 16.5. The predicted octanol–water partition coefficient (Wildman–Crippen LogP) is 2.20. The van der Waals surface area contributed by atoms with Crippen LogP contribution in [0.4, 0.5) is 0 Å². The van der Waals surface area contributed by atoms with Crippen LogP contribution in [0.5, 0.6) is 0 Å². The normalized spacial score (nSPS) is 12.0. The van der Waals surface area contributed by atoms with Crippen LogP contribution in [-0.2, 0) is 17.8 Å².